The lowest BCUT2D eigenvalue weighted by atomic mass is 10.2. The van der Waals surface area contributed by atoms with Gasteiger partial charge in [0, 0.05) is 19.6 Å². The van der Waals surface area contributed by atoms with Gasteiger partial charge in [0.25, 0.3) is 0 Å². The van der Waals surface area contributed by atoms with Crippen molar-refractivity contribution in [3.63, 3.8) is 0 Å². The number of nitrogens with zero attached hydrogens (tertiary/aromatic N) is 1. The van der Waals surface area contributed by atoms with Gasteiger partial charge >= 0.3 is 0 Å². The zero-order valence-electron chi connectivity index (χ0n) is 8.74. The second kappa shape index (κ2) is 4.73. The molecule has 1 heterocycles. The van der Waals surface area contributed by atoms with Gasteiger partial charge < -0.3 is 15.0 Å². The molecule has 1 unspecified atom stereocenters. The van der Waals surface area contributed by atoms with Crippen LogP contribution in [-0.2, 0) is 0 Å². The van der Waals surface area contributed by atoms with E-state index in [4.69, 9.17) is 16.3 Å². The summed E-state index contributed by atoms with van der Waals surface area (Å²) in [4.78, 5) is 2.16. The SMILES string of the molecule is COc1ccccc1N1CCNCC1Cl. The van der Waals surface area contributed by atoms with Crippen LogP contribution in [0.5, 0.6) is 5.75 Å². The molecule has 0 aromatic heterocycles. The molecular weight excluding hydrogens is 212 g/mol. The number of para-hydroxylation sites is 2. The first-order chi connectivity index (χ1) is 7.33. The summed E-state index contributed by atoms with van der Waals surface area (Å²) < 4.78 is 5.33. The van der Waals surface area contributed by atoms with E-state index in [1.165, 1.54) is 0 Å². The van der Waals surface area contributed by atoms with Gasteiger partial charge in [0.15, 0.2) is 0 Å². The standard InChI is InChI=1S/C11H15ClN2O/c1-15-10-5-3-2-4-9(10)14-7-6-13-8-11(14)12/h2-5,11,13H,6-8H2,1H3. The van der Waals surface area contributed by atoms with Gasteiger partial charge in [-0.15, -0.1) is 0 Å². The third kappa shape index (κ3) is 2.19. The largest absolute Gasteiger partial charge is 0.495 e. The molecule has 0 spiro atoms. The number of hydrogen-bond acceptors (Lipinski definition) is 3. The number of methoxy groups -OCH3 is 1. The molecule has 1 aliphatic heterocycles. The Hall–Kier alpha value is -0.930. The highest BCUT2D eigenvalue weighted by molar-refractivity contribution is 6.22. The third-order valence-corrected chi connectivity index (χ3v) is 2.96. The van der Waals surface area contributed by atoms with Gasteiger partial charge in [-0.2, -0.15) is 0 Å². The summed E-state index contributed by atoms with van der Waals surface area (Å²) in [6.45, 7) is 2.68. The van der Waals surface area contributed by atoms with Gasteiger partial charge in [0.05, 0.1) is 12.8 Å². The van der Waals surface area contributed by atoms with E-state index in [-0.39, 0.29) is 5.50 Å². The molecule has 1 fully saturated rings. The van der Waals surface area contributed by atoms with Crippen LogP contribution >= 0.6 is 11.6 Å². The summed E-state index contributed by atoms with van der Waals surface area (Å²) in [6, 6.07) is 7.97. The minimum absolute atomic E-state index is 0.00458. The Morgan fingerprint density at radius 3 is 3.00 bits per heavy atom. The van der Waals surface area contributed by atoms with Crippen molar-refractivity contribution < 1.29 is 4.74 Å². The Morgan fingerprint density at radius 1 is 1.47 bits per heavy atom. The zero-order valence-corrected chi connectivity index (χ0v) is 9.50. The number of alkyl halides is 1. The number of anilines is 1. The fourth-order valence-corrected chi connectivity index (χ4v) is 2.12. The van der Waals surface area contributed by atoms with Crippen LogP contribution in [0.15, 0.2) is 24.3 Å². The Kier molecular flexibility index (Phi) is 3.34. The first-order valence-corrected chi connectivity index (χ1v) is 5.51. The van der Waals surface area contributed by atoms with E-state index in [2.05, 4.69) is 10.2 Å². The molecule has 1 aromatic carbocycles. The smallest absolute Gasteiger partial charge is 0.142 e. The molecule has 0 bridgehead atoms. The van der Waals surface area contributed by atoms with E-state index in [0.717, 1.165) is 31.1 Å². The summed E-state index contributed by atoms with van der Waals surface area (Å²) >= 11 is 6.25. The molecule has 1 aliphatic rings. The Balaban J connectivity index is 2.26. The first-order valence-electron chi connectivity index (χ1n) is 5.07. The van der Waals surface area contributed by atoms with Crippen LogP contribution in [0.2, 0.25) is 0 Å². The van der Waals surface area contributed by atoms with Crippen LogP contribution in [0.25, 0.3) is 0 Å². The molecule has 4 heteroatoms. The second-order valence-corrected chi connectivity index (χ2v) is 4.01. The molecule has 2 rings (SSSR count). The van der Waals surface area contributed by atoms with Gasteiger partial charge in [-0.25, -0.2) is 0 Å². The van der Waals surface area contributed by atoms with E-state index in [0.29, 0.717) is 0 Å². The van der Waals surface area contributed by atoms with Gasteiger partial charge in [-0.1, -0.05) is 23.7 Å². The van der Waals surface area contributed by atoms with Crippen LogP contribution in [0, 0.1) is 0 Å². The lowest BCUT2D eigenvalue weighted by molar-refractivity contribution is 0.412. The maximum absolute atomic E-state index is 6.25. The fourth-order valence-electron chi connectivity index (χ4n) is 1.81. The maximum Gasteiger partial charge on any atom is 0.142 e. The van der Waals surface area contributed by atoms with E-state index in [1.54, 1.807) is 7.11 Å². The van der Waals surface area contributed by atoms with E-state index in [9.17, 15) is 0 Å². The summed E-state index contributed by atoms with van der Waals surface area (Å²) in [5, 5.41) is 3.26. The quantitative estimate of drug-likeness (QED) is 0.613. The number of halogens is 1. The molecule has 1 atom stereocenters. The highest BCUT2D eigenvalue weighted by Gasteiger charge is 2.22. The minimum atomic E-state index is -0.00458. The molecule has 82 valence electrons. The predicted molar refractivity (Wildman–Crippen MR) is 62.9 cm³/mol. The van der Waals surface area contributed by atoms with Crippen LogP contribution < -0.4 is 15.0 Å². The van der Waals surface area contributed by atoms with Gasteiger partial charge in [0.1, 0.15) is 11.3 Å². The molecule has 3 nitrogen and oxygen atoms in total. The monoisotopic (exact) mass is 226 g/mol. The summed E-state index contributed by atoms with van der Waals surface area (Å²) in [7, 11) is 1.68. The molecule has 0 amide bonds. The summed E-state index contributed by atoms with van der Waals surface area (Å²) in [6.07, 6.45) is 0. The van der Waals surface area contributed by atoms with Crippen LogP contribution in [-0.4, -0.2) is 32.2 Å². The van der Waals surface area contributed by atoms with Crippen molar-refractivity contribution >= 4 is 17.3 Å². The Morgan fingerprint density at radius 2 is 2.27 bits per heavy atom. The van der Waals surface area contributed by atoms with Crippen molar-refractivity contribution in [2.75, 3.05) is 31.6 Å². The number of piperazine rings is 1. The normalized spacial score (nSPS) is 21.5. The Labute approximate surface area is 95.0 Å². The molecule has 1 saturated heterocycles. The number of hydrogen-bond donors (Lipinski definition) is 1. The topological polar surface area (TPSA) is 24.5 Å². The van der Waals surface area contributed by atoms with Crippen molar-refractivity contribution in [2.45, 2.75) is 5.50 Å². The van der Waals surface area contributed by atoms with Crippen molar-refractivity contribution in [1.29, 1.82) is 0 Å². The third-order valence-electron chi connectivity index (χ3n) is 2.58. The molecule has 0 radical (unpaired) electrons. The number of nitrogens with one attached hydrogen (secondary N) is 1. The molecule has 1 aromatic rings. The average molecular weight is 227 g/mol. The van der Waals surface area contributed by atoms with E-state index < -0.39 is 0 Å². The highest BCUT2D eigenvalue weighted by atomic mass is 35.5. The second-order valence-electron chi connectivity index (χ2n) is 3.50. The minimum Gasteiger partial charge on any atom is -0.495 e. The predicted octanol–water partition coefficient (Wildman–Crippen LogP) is 1.67. The van der Waals surface area contributed by atoms with Crippen LogP contribution in [0.3, 0.4) is 0 Å². The Bertz CT molecular complexity index is 332. The van der Waals surface area contributed by atoms with Gasteiger partial charge in [-0.3, -0.25) is 0 Å². The molecule has 1 N–H and O–H groups in total. The summed E-state index contributed by atoms with van der Waals surface area (Å²) in [5.74, 6) is 0.880. The van der Waals surface area contributed by atoms with Crippen LogP contribution in [0.1, 0.15) is 0 Å². The fraction of sp³-hybridized carbons (Fsp3) is 0.455. The van der Waals surface area contributed by atoms with Crippen molar-refractivity contribution in [3.8, 4) is 5.75 Å². The van der Waals surface area contributed by atoms with Gasteiger partial charge in [-0.05, 0) is 12.1 Å². The first kappa shape index (κ1) is 10.6. The maximum atomic E-state index is 6.25. The van der Waals surface area contributed by atoms with Gasteiger partial charge in [0.2, 0.25) is 0 Å². The van der Waals surface area contributed by atoms with Crippen molar-refractivity contribution in [3.05, 3.63) is 24.3 Å². The molecule has 0 saturated carbocycles. The lowest BCUT2D eigenvalue weighted by Gasteiger charge is -2.34. The number of rotatable bonds is 2. The lowest BCUT2D eigenvalue weighted by Crippen LogP contribution is -2.48. The highest BCUT2D eigenvalue weighted by Crippen LogP contribution is 2.30. The zero-order chi connectivity index (χ0) is 10.7. The van der Waals surface area contributed by atoms with Crippen LogP contribution in [0.4, 0.5) is 5.69 Å². The molecular formula is C11H15ClN2O. The van der Waals surface area contributed by atoms with E-state index in [1.807, 2.05) is 24.3 Å². The number of benzene rings is 1. The number of ether oxygens (including phenoxy) is 1. The van der Waals surface area contributed by atoms with E-state index >= 15 is 0 Å². The van der Waals surface area contributed by atoms with Crippen molar-refractivity contribution in [2.24, 2.45) is 0 Å². The summed E-state index contributed by atoms with van der Waals surface area (Å²) in [5.41, 5.74) is 1.07. The molecule has 0 aliphatic carbocycles. The molecule has 15 heavy (non-hydrogen) atoms. The average Bonchev–Trinajstić information content (AvgIpc) is 2.30. The van der Waals surface area contributed by atoms with Crippen molar-refractivity contribution in [1.82, 2.24) is 5.32 Å².